The van der Waals surface area contributed by atoms with Gasteiger partial charge in [0.15, 0.2) is 0 Å². The average molecular weight is 254 g/mol. The van der Waals surface area contributed by atoms with Crippen LogP contribution < -0.4 is 15.6 Å². The summed E-state index contributed by atoms with van der Waals surface area (Å²) in [5, 5.41) is 0. The Hall–Kier alpha value is -2.00. The van der Waals surface area contributed by atoms with E-state index >= 15 is 0 Å². The maximum atomic E-state index is 5.70. The predicted octanol–water partition coefficient (Wildman–Crippen LogP) is 3.13. The van der Waals surface area contributed by atoms with Crippen LogP contribution in [0.4, 0.5) is 5.69 Å². The summed E-state index contributed by atoms with van der Waals surface area (Å²) >= 11 is 0. The van der Waals surface area contributed by atoms with E-state index in [1.54, 1.807) is 0 Å². The molecule has 3 rings (SSSR count). The van der Waals surface area contributed by atoms with Crippen molar-refractivity contribution in [1.82, 2.24) is 5.43 Å². The Morgan fingerprint density at radius 1 is 1.16 bits per heavy atom. The van der Waals surface area contributed by atoms with Crippen LogP contribution in [0.25, 0.3) is 0 Å². The van der Waals surface area contributed by atoms with Gasteiger partial charge in [-0.2, -0.15) is 0 Å². The molecule has 0 radical (unpaired) electrons. The van der Waals surface area contributed by atoms with Gasteiger partial charge in [0.1, 0.15) is 11.9 Å². The Balaban J connectivity index is 1.58. The summed E-state index contributed by atoms with van der Waals surface area (Å²) in [5.41, 5.74) is 10.1. The fraction of sp³-hybridized carbons (Fsp3) is 0.250. The molecule has 3 nitrogen and oxygen atoms in total. The van der Waals surface area contributed by atoms with E-state index in [0.29, 0.717) is 6.10 Å². The van der Waals surface area contributed by atoms with Crippen LogP contribution in [0.2, 0.25) is 0 Å². The molecule has 1 atom stereocenters. The van der Waals surface area contributed by atoms with Gasteiger partial charge >= 0.3 is 0 Å². The van der Waals surface area contributed by atoms with Gasteiger partial charge < -0.3 is 10.2 Å². The van der Waals surface area contributed by atoms with Crippen LogP contribution in [0.15, 0.2) is 48.5 Å². The van der Waals surface area contributed by atoms with Crippen molar-refractivity contribution in [3.05, 3.63) is 59.7 Å². The Labute approximate surface area is 113 Å². The molecule has 19 heavy (non-hydrogen) atoms. The van der Waals surface area contributed by atoms with Crippen LogP contribution >= 0.6 is 0 Å². The van der Waals surface area contributed by atoms with Crippen LogP contribution in [-0.2, 0) is 13.0 Å². The van der Waals surface area contributed by atoms with E-state index in [1.807, 2.05) is 30.3 Å². The number of anilines is 1. The van der Waals surface area contributed by atoms with E-state index in [0.717, 1.165) is 24.4 Å². The number of rotatable bonds is 4. The first kappa shape index (κ1) is 12.1. The molecule has 0 aliphatic carbocycles. The lowest BCUT2D eigenvalue weighted by atomic mass is 10.1. The van der Waals surface area contributed by atoms with Gasteiger partial charge in [-0.3, -0.25) is 0 Å². The Morgan fingerprint density at radius 2 is 2.00 bits per heavy atom. The van der Waals surface area contributed by atoms with Crippen LogP contribution in [0, 0.1) is 0 Å². The largest absolute Gasteiger partial charge is 0.490 e. The number of nitrogens with one attached hydrogen (secondary N) is 2. The van der Waals surface area contributed by atoms with E-state index < -0.39 is 0 Å². The second-order valence-electron chi connectivity index (χ2n) is 4.92. The number of hydrogen-bond acceptors (Lipinski definition) is 3. The first-order valence-corrected chi connectivity index (χ1v) is 6.63. The number of benzene rings is 2. The fourth-order valence-electron chi connectivity index (χ4n) is 2.36. The normalized spacial score (nSPS) is 16.8. The second kappa shape index (κ2) is 5.33. The summed E-state index contributed by atoms with van der Waals surface area (Å²) < 4.78 is 5.70. The van der Waals surface area contributed by atoms with Crippen molar-refractivity contribution in [1.29, 1.82) is 0 Å². The molecule has 1 aliphatic rings. The van der Waals surface area contributed by atoms with E-state index in [2.05, 4.69) is 36.0 Å². The Morgan fingerprint density at radius 3 is 2.84 bits per heavy atom. The van der Waals surface area contributed by atoms with E-state index in [9.17, 15) is 0 Å². The zero-order valence-electron chi connectivity index (χ0n) is 11.0. The van der Waals surface area contributed by atoms with Crippen molar-refractivity contribution in [3.8, 4) is 5.75 Å². The monoisotopic (exact) mass is 254 g/mol. The second-order valence-corrected chi connectivity index (χ2v) is 4.92. The zero-order chi connectivity index (χ0) is 13.1. The molecule has 0 saturated heterocycles. The molecule has 3 heteroatoms. The first-order valence-electron chi connectivity index (χ1n) is 6.63. The quantitative estimate of drug-likeness (QED) is 0.822. The number of fused-ring (bicyclic) bond motifs is 1. The lowest BCUT2D eigenvalue weighted by Gasteiger charge is -2.09. The molecule has 1 heterocycles. The van der Waals surface area contributed by atoms with Crippen molar-refractivity contribution in [2.75, 3.05) is 5.43 Å². The molecular weight excluding hydrogens is 236 g/mol. The third-order valence-electron chi connectivity index (χ3n) is 3.26. The summed E-state index contributed by atoms with van der Waals surface area (Å²) in [6, 6.07) is 16.5. The summed E-state index contributed by atoms with van der Waals surface area (Å²) in [7, 11) is 0. The lowest BCUT2D eigenvalue weighted by Crippen LogP contribution is -2.20. The van der Waals surface area contributed by atoms with Crippen molar-refractivity contribution in [3.63, 3.8) is 0 Å². The SMILES string of the molecule is CC1Cc2cc(CNNc3ccccc3)ccc2O1. The third kappa shape index (κ3) is 2.88. The van der Waals surface area contributed by atoms with E-state index in [4.69, 9.17) is 4.74 Å². The summed E-state index contributed by atoms with van der Waals surface area (Å²) in [5.74, 6) is 1.03. The molecule has 1 unspecified atom stereocenters. The van der Waals surface area contributed by atoms with Gasteiger partial charge in [0, 0.05) is 18.7 Å². The molecule has 2 aromatic carbocycles. The average Bonchev–Trinajstić information content (AvgIpc) is 2.79. The first-order chi connectivity index (χ1) is 9.31. The van der Waals surface area contributed by atoms with Crippen LogP contribution in [0.3, 0.4) is 0 Å². The van der Waals surface area contributed by atoms with Gasteiger partial charge in [-0.1, -0.05) is 30.3 Å². The molecular formula is C16H18N2O. The van der Waals surface area contributed by atoms with Crippen molar-refractivity contribution in [2.24, 2.45) is 0 Å². The highest BCUT2D eigenvalue weighted by molar-refractivity contribution is 5.42. The molecule has 0 bridgehead atoms. The molecule has 2 aromatic rings. The highest BCUT2D eigenvalue weighted by atomic mass is 16.5. The third-order valence-corrected chi connectivity index (χ3v) is 3.26. The van der Waals surface area contributed by atoms with Crippen molar-refractivity contribution < 1.29 is 4.74 Å². The van der Waals surface area contributed by atoms with Gasteiger partial charge in [-0.25, -0.2) is 5.43 Å². The number of para-hydroxylation sites is 1. The van der Waals surface area contributed by atoms with Crippen molar-refractivity contribution >= 4 is 5.69 Å². The minimum Gasteiger partial charge on any atom is -0.490 e. The highest BCUT2D eigenvalue weighted by Crippen LogP contribution is 2.29. The Kier molecular flexibility index (Phi) is 3.38. The molecule has 0 saturated carbocycles. The van der Waals surface area contributed by atoms with Crippen molar-refractivity contribution in [2.45, 2.75) is 26.0 Å². The molecule has 98 valence electrons. The minimum atomic E-state index is 0.306. The maximum absolute atomic E-state index is 5.70. The van der Waals surface area contributed by atoms with Gasteiger partial charge in [-0.05, 0) is 36.2 Å². The molecule has 0 fully saturated rings. The molecule has 0 spiro atoms. The maximum Gasteiger partial charge on any atom is 0.123 e. The predicted molar refractivity (Wildman–Crippen MR) is 77.1 cm³/mol. The standard InChI is InChI=1S/C16H18N2O/c1-12-9-14-10-13(7-8-16(14)19-12)11-17-18-15-5-3-2-4-6-15/h2-8,10,12,17-18H,9,11H2,1H3. The zero-order valence-corrected chi connectivity index (χ0v) is 11.0. The van der Waals surface area contributed by atoms with E-state index in [1.165, 1.54) is 11.1 Å². The molecule has 1 aliphatic heterocycles. The van der Waals surface area contributed by atoms with Crippen LogP contribution in [0.1, 0.15) is 18.1 Å². The van der Waals surface area contributed by atoms with Gasteiger partial charge in [-0.15, -0.1) is 0 Å². The summed E-state index contributed by atoms with van der Waals surface area (Å²) in [6.45, 7) is 2.89. The van der Waals surface area contributed by atoms with Crippen LogP contribution in [-0.4, -0.2) is 6.10 Å². The molecule has 0 amide bonds. The topological polar surface area (TPSA) is 33.3 Å². The number of ether oxygens (including phenoxy) is 1. The number of hydrogen-bond donors (Lipinski definition) is 2. The minimum absolute atomic E-state index is 0.306. The van der Waals surface area contributed by atoms with Gasteiger partial charge in [0.05, 0.1) is 0 Å². The smallest absolute Gasteiger partial charge is 0.123 e. The number of hydrazine groups is 1. The highest BCUT2D eigenvalue weighted by Gasteiger charge is 2.18. The van der Waals surface area contributed by atoms with E-state index in [-0.39, 0.29) is 0 Å². The summed E-state index contributed by atoms with van der Waals surface area (Å²) in [4.78, 5) is 0. The molecule has 0 aromatic heterocycles. The van der Waals surface area contributed by atoms with Gasteiger partial charge in [0.2, 0.25) is 0 Å². The van der Waals surface area contributed by atoms with Gasteiger partial charge in [0.25, 0.3) is 0 Å². The summed E-state index contributed by atoms with van der Waals surface area (Å²) in [6.07, 6.45) is 1.32. The Bertz CT molecular complexity index is 554. The molecule has 2 N–H and O–H groups in total. The fourth-order valence-corrected chi connectivity index (χ4v) is 2.36. The van der Waals surface area contributed by atoms with Crippen LogP contribution in [0.5, 0.6) is 5.75 Å². The lowest BCUT2D eigenvalue weighted by molar-refractivity contribution is 0.254.